The van der Waals surface area contributed by atoms with Crippen LogP contribution in [0.2, 0.25) is 0 Å². The number of aliphatic hydroxyl groups excluding tert-OH is 1. The van der Waals surface area contributed by atoms with Crippen molar-refractivity contribution in [1.29, 1.82) is 0 Å². The molecule has 2 heteroatoms. The van der Waals surface area contributed by atoms with Crippen molar-refractivity contribution in [3.8, 4) is 0 Å². The zero-order chi connectivity index (χ0) is 8.81. The molecule has 0 amide bonds. The molecule has 0 saturated heterocycles. The average Bonchev–Trinajstić information content (AvgIpc) is 2.16. The van der Waals surface area contributed by atoms with Crippen LogP contribution in [0.15, 0.2) is 30.3 Å². The summed E-state index contributed by atoms with van der Waals surface area (Å²) in [4.78, 5) is 0. The summed E-state index contributed by atoms with van der Waals surface area (Å²) >= 11 is 0. The van der Waals surface area contributed by atoms with Gasteiger partial charge in [-0.3, -0.25) is 5.32 Å². The zero-order valence-corrected chi connectivity index (χ0v) is 7.33. The minimum absolute atomic E-state index is 0.384. The summed E-state index contributed by atoms with van der Waals surface area (Å²) in [5.74, 6) is 0. The summed E-state index contributed by atoms with van der Waals surface area (Å²) in [6.07, 6.45) is 1.30. The minimum atomic E-state index is -0.384. The Morgan fingerprint density at radius 3 is 2.58 bits per heavy atom. The third kappa shape index (κ3) is 3.03. The van der Waals surface area contributed by atoms with Gasteiger partial charge >= 0.3 is 0 Å². The predicted octanol–water partition coefficient (Wildman–Crippen LogP) is 1.16. The number of rotatable bonds is 4. The molecular weight excluding hydrogens is 150 g/mol. The Morgan fingerprint density at radius 1 is 1.33 bits per heavy atom. The molecule has 1 aromatic carbocycles. The Bertz CT molecular complexity index is 210. The second-order valence-corrected chi connectivity index (χ2v) is 2.83. The van der Waals surface area contributed by atoms with Gasteiger partial charge < -0.3 is 5.11 Å². The summed E-state index contributed by atoms with van der Waals surface area (Å²) in [6.45, 7) is 0. The topological polar surface area (TPSA) is 32.3 Å². The SMILES string of the molecule is CN[C@H](O)CCc1ccccc1. The van der Waals surface area contributed by atoms with E-state index in [1.165, 1.54) is 5.56 Å². The first-order valence-electron chi connectivity index (χ1n) is 4.22. The number of aryl methyl sites for hydroxylation is 1. The smallest absolute Gasteiger partial charge is 0.104 e. The van der Waals surface area contributed by atoms with Gasteiger partial charge in [-0.15, -0.1) is 0 Å². The number of aliphatic hydroxyl groups is 1. The molecule has 0 spiro atoms. The standard InChI is InChI=1S/C10H15NO/c1-11-10(12)8-7-9-5-3-2-4-6-9/h2-6,10-12H,7-8H2,1H3/t10-/m1/s1. The second kappa shape index (κ2) is 4.91. The predicted molar refractivity (Wildman–Crippen MR) is 49.8 cm³/mol. The Hall–Kier alpha value is -0.860. The molecular formula is C10H15NO. The van der Waals surface area contributed by atoms with E-state index in [1.807, 2.05) is 18.2 Å². The maximum absolute atomic E-state index is 9.21. The molecule has 1 aromatic rings. The lowest BCUT2D eigenvalue weighted by atomic mass is 10.1. The highest BCUT2D eigenvalue weighted by atomic mass is 16.3. The summed E-state index contributed by atoms with van der Waals surface area (Å²) in [5.41, 5.74) is 1.27. The molecule has 0 fully saturated rings. The van der Waals surface area contributed by atoms with Crippen LogP contribution in [-0.4, -0.2) is 18.4 Å². The molecule has 0 radical (unpaired) electrons. The molecule has 0 aliphatic heterocycles. The Morgan fingerprint density at radius 2 is 2.00 bits per heavy atom. The summed E-state index contributed by atoms with van der Waals surface area (Å²) in [5, 5.41) is 12.0. The highest BCUT2D eigenvalue weighted by molar-refractivity contribution is 5.14. The van der Waals surface area contributed by atoms with Gasteiger partial charge in [-0.25, -0.2) is 0 Å². The third-order valence-electron chi connectivity index (χ3n) is 1.88. The first kappa shape index (κ1) is 9.23. The van der Waals surface area contributed by atoms with Crippen molar-refractivity contribution >= 4 is 0 Å². The van der Waals surface area contributed by atoms with Crippen molar-refractivity contribution in [2.75, 3.05) is 7.05 Å². The molecule has 2 nitrogen and oxygen atoms in total. The van der Waals surface area contributed by atoms with Crippen LogP contribution in [-0.2, 0) is 6.42 Å². The fourth-order valence-electron chi connectivity index (χ4n) is 1.09. The lowest BCUT2D eigenvalue weighted by molar-refractivity contribution is 0.137. The van der Waals surface area contributed by atoms with E-state index >= 15 is 0 Å². The first-order chi connectivity index (χ1) is 5.83. The Kier molecular flexibility index (Phi) is 3.77. The van der Waals surface area contributed by atoms with Crippen molar-refractivity contribution < 1.29 is 5.11 Å². The first-order valence-corrected chi connectivity index (χ1v) is 4.22. The van der Waals surface area contributed by atoms with Crippen LogP contribution >= 0.6 is 0 Å². The molecule has 0 bridgehead atoms. The van der Waals surface area contributed by atoms with Crippen LogP contribution in [0.25, 0.3) is 0 Å². The number of hydrogen-bond donors (Lipinski definition) is 2. The number of benzene rings is 1. The summed E-state index contributed by atoms with van der Waals surface area (Å²) in [7, 11) is 1.76. The minimum Gasteiger partial charge on any atom is -0.379 e. The average molecular weight is 165 g/mol. The van der Waals surface area contributed by atoms with Crippen molar-refractivity contribution in [1.82, 2.24) is 5.32 Å². The maximum Gasteiger partial charge on any atom is 0.104 e. The van der Waals surface area contributed by atoms with Crippen LogP contribution in [0.1, 0.15) is 12.0 Å². The summed E-state index contributed by atoms with van der Waals surface area (Å²) < 4.78 is 0. The van der Waals surface area contributed by atoms with E-state index in [0.29, 0.717) is 0 Å². The fourth-order valence-corrected chi connectivity index (χ4v) is 1.09. The molecule has 0 unspecified atom stereocenters. The van der Waals surface area contributed by atoms with Crippen LogP contribution in [0.3, 0.4) is 0 Å². The van der Waals surface area contributed by atoms with E-state index in [9.17, 15) is 5.11 Å². The van der Waals surface area contributed by atoms with Crippen LogP contribution in [0.5, 0.6) is 0 Å². The van der Waals surface area contributed by atoms with E-state index in [2.05, 4.69) is 17.4 Å². The van der Waals surface area contributed by atoms with E-state index in [4.69, 9.17) is 0 Å². The molecule has 0 heterocycles. The Labute approximate surface area is 73.2 Å². The molecule has 1 rings (SSSR count). The van der Waals surface area contributed by atoms with Gasteiger partial charge in [-0.2, -0.15) is 0 Å². The van der Waals surface area contributed by atoms with Crippen molar-refractivity contribution in [3.05, 3.63) is 35.9 Å². The number of nitrogens with one attached hydrogen (secondary N) is 1. The van der Waals surface area contributed by atoms with Gasteiger partial charge in [0.05, 0.1) is 0 Å². The van der Waals surface area contributed by atoms with Crippen molar-refractivity contribution in [3.63, 3.8) is 0 Å². The van der Waals surface area contributed by atoms with Gasteiger partial charge in [-0.05, 0) is 25.5 Å². The molecule has 12 heavy (non-hydrogen) atoms. The van der Waals surface area contributed by atoms with E-state index in [-0.39, 0.29) is 6.23 Å². The molecule has 0 saturated carbocycles. The molecule has 0 aromatic heterocycles. The highest BCUT2D eigenvalue weighted by Gasteiger charge is 1.99. The second-order valence-electron chi connectivity index (χ2n) is 2.83. The molecule has 0 aliphatic carbocycles. The van der Waals surface area contributed by atoms with Gasteiger partial charge in [-0.1, -0.05) is 30.3 Å². The lowest BCUT2D eigenvalue weighted by Crippen LogP contribution is -2.24. The number of hydrogen-bond acceptors (Lipinski definition) is 2. The van der Waals surface area contributed by atoms with Crippen LogP contribution < -0.4 is 5.32 Å². The van der Waals surface area contributed by atoms with Crippen LogP contribution in [0.4, 0.5) is 0 Å². The third-order valence-corrected chi connectivity index (χ3v) is 1.88. The lowest BCUT2D eigenvalue weighted by Gasteiger charge is -2.07. The van der Waals surface area contributed by atoms with Gasteiger partial charge in [0, 0.05) is 0 Å². The van der Waals surface area contributed by atoms with E-state index in [0.717, 1.165) is 12.8 Å². The maximum atomic E-state index is 9.21. The fraction of sp³-hybridized carbons (Fsp3) is 0.400. The van der Waals surface area contributed by atoms with Crippen molar-refractivity contribution in [2.45, 2.75) is 19.1 Å². The normalized spacial score (nSPS) is 12.8. The van der Waals surface area contributed by atoms with Gasteiger partial charge in [0.2, 0.25) is 0 Å². The molecule has 0 aliphatic rings. The highest BCUT2D eigenvalue weighted by Crippen LogP contribution is 2.03. The molecule has 66 valence electrons. The monoisotopic (exact) mass is 165 g/mol. The quantitative estimate of drug-likeness (QED) is 0.656. The largest absolute Gasteiger partial charge is 0.379 e. The van der Waals surface area contributed by atoms with Crippen molar-refractivity contribution in [2.24, 2.45) is 0 Å². The summed E-state index contributed by atoms with van der Waals surface area (Å²) in [6, 6.07) is 10.2. The Balaban J connectivity index is 2.33. The van der Waals surface area contributed by atoms with Gasteiger partial charge in [0.25, 0.3) is 0 Å². The zero-order valence-electron chi connectivity index (χ0n) is 7.33. The van der Waals surface area contributed by atoms with Crippen LogP contribution in [0, 0.1) is 0 Å². The van der Waals surface area contributed by atoms with Gasteiger partial charge in [0.15, 0.2) is 0 Å². The molecule has 2 N–H and O–H groups in total. The van der Waals surface area contributed by atoms with Gasteiger partial charge in [0.1, 0.15) is 6.23 Å². The van der Waals surface area contributed by atoms with E-state index in [1.54, 1.807) is 7.05 Å². The van der Waals surface area contributed by atoms with E-state index < -0.39 is 0 Å². The molecule has 1 atom stereocenters.